The Morgan fingerprint density at radius 1 is 1.41 bits per heavy atom. The van der Waals surface area contributed by atoms with Gasteiger partial charge in [0.25, 0.3) is 5.91 Å². The van der Waals surface area contributed by atoms with E-state index in [1.807, 2.05) is 26.0 Å². The number of halogens is 1. The van der Waals surface area contributed by atoms with Crippen LogP contribution in [0.2, 0.25) is 0 Å². The second-order valence-corrected chi connectivity index (χ2v) is 4.08. The average molecular weight is 234 g/mol. The van der Waals surface area contributed by atoms with Gasteiger partial charge >= 0.3 is 0 Å². The monoisotopic (exact) mass is 234 g/mol. The second kappa shape index (κ2) is 4.57. The summed E-state index contributed by atoms with van der Waals surface area (Å²) in [5, 5.41) is 3.55. The van der Waals surface area contributed by atoms with Crippen LogP contribution < -0.4 is 5.32 Å². The summed E-state index contributed by atoms with van der Waals surface area (Å²) in [6, 6.07) is 5.45. The fourth-order valence-electron chi connectivity index (χ4n) is 1.87. The van der Waals surface area contributed by atoms with Gasteiger partial charge in [0.2, 0.25) is 0 Å². The van der Waals surface area contributed by atoms with Gasteiger partial charge in [0.05, 0.1) is 0 Å². The highest BCUT2D eigenvalue weighted by Crippen LogP contribution is 2.22. The molecular weight excluding hydrogens is 219 g/mol. The number of nitrogens with one attached hydrogen (secondary N) is 2. The van der Waals surface area contributed by atoms with Gasteiger partial charge in [-0.25, -0.2) is 4.39 Å². The molecule has 1 aromatic heterocycles. The van der Waals surface area contributed by atoms with Crippen LogP contribution in [-0.2, 0) is 0 Å². The number of hydrogen-bond acceptors (Lipinski definition) is 1. The quantitative estimate of drug-likeness (QED) is 0.842. The molecular formula is C13H15FN2O. The summed E-state index contributed by atoms with van der Waals surface area (Å²) in [6.45, 7) is 3.52. The van der Waals surface area contributed by atoms with Crippen molar-refractivity contribution in [2.45, 2.75) is 13.8 Å². The van der Waals surface area contributed by atoms with Gasteiger partial charge in [-0.2, -0.15) is 0 Å². The molecule has 0 radical (unpaired) electrons. The molecule has 0 saturated carbocycles. The van der Waals surface area contributed by atoms with Gasteiger partial charge < -0.3 is 10.3 Å². The number of fused-ring (bicyclic) bond motifs is 1. The van der Waals surface area contributed by atoms with E-state index in [0.29, 0.717) is 5.56 Å². The lowest BCUT2D eigenvalue weighted by Gasteiger charge is -2.03. The Hall–Kier alpha value is -1.84. The summed E-state index contributed by atoms with van der Waals surface area (Å²) >= 11 is 0. The number of rotatable bonds is 3. The molecule has 0 fully saturated rings. The molecule has 1 heterocycles. The minimum Gasteiger partial charge on any atom is -0.358 e. The number of benzene rings is 1. The normalized spacial score (nSPS) is 10.8. The highest BCUT2D eigenvalue weighted by Gasteiger charge is 2.09. The summed E-state index contributed by atoms with van der Waals surface area (Å²) in [4.78, 5) is 14.9. The molecule has 3 nitrogen and oxygen atoms in total. The summed E-state index contributed by atoms with van der Waals surface area (Å²) in [5.41, 5.74) is 3.82. The van der Waals surface area contributed by atoms with Crippen molar-refractivity contribution >= 4 is 16.8 Å². The van der Waals surface area contributed by atoms with Gasteiger partial charge in [0, 0.05) is 28.7 Å². The third-order valence-electron chi connectivity index (χ3n) is 2.95. The van der Waals surface area contributed by atoms with Crippen LogP contribution in [0.25, 0.3) is 10.9 Å². The zero-order valence-electron chi connectivity index (χ0n) is 9.93. The van der Waals surface area contributed by atoms with E-state index in [-0.39, 0.29) is 12.5 Å². The first-order chi connectivity index (χ1) is 8.13. The first-order valence-corrected chi connectivity index (χ1v) is 5.56. The first-order valence-electron chi connectivity index (χ1n) is 5.56. The van der Waals surface area contributed by atoms with E-state index in [0.717, 1.165) is 22.2 Å². The highest BCUT2D eigenvalue weighted by atomic mass is 19.1. The second-order valence-electron chi connectivity index (χ2n) is 4.08. The predicted molar refractivity (Wildman–Crippen MR) is 66.1 cm³/mol. The number of aromatic nitrogens is 1. The topological polar surface area (TPSA) is 44.9 Å². The lowest BCUT2D eigenvalue weighted by atomic mass is 10.1. The molecule has 0 spiro atoms. The Labute approximate surface area is 99.0 Å². The van der Waals surface area contributed by atoms with E-state index in [9.17, 15) is 9.18 Å². The SMILES string of the molecule is Cc1[nH]c2ccc(C(=O)NCCF)cc2c1C. The average Bonchev–Trinajstić information content (AvgIpc) is 2.62. The van der Waals surface area contributed by atoms with Gasteiger partial charge in [-0.3, -0.25) is 4.79 Å². The number of hydrogen-bond donors (Lipinski definition) is 2. The van der Waals surface area contributed by atoms with Crippen LogP contribution >= 0.6 is 0 Å². The minimum atomic E-state index is -0.545. The fourth-order valence-corrected chi connectivity index (χ4v) is 1.87. The maximum absolute atomic E-state index is 12.0. The van der Waals surface area contributed by atoms with Gasteiger partial charge in [0.15, 0.2) is 0 Å². The van der Waals surface area contributed by atoms with Gasteiger partial charge in [-0.15, -0.1) is 0 Å². The van der Waals surface area contributed by atoms with Gasteiger partial charge in [-0.05, 0) is 37.6 Å². The Morgan fingerprint density at radius 2 is 2.18 bits per heavy atom. The van der Waals surface area contributed by atoms with Gasteiger partial charge in [0.1, 0.15) is 6.67 Å². The summed E-state index contributed by atoms with van der Waals surface area (Å²) in [7, 11) is 0. The fraction of sp³-hybridized carbons (Fsp3) is 0.308. The van der Waals surface area contributed by atoms with E-state index >= 15 is 0 Å². The third kappa shape index (κ3) is 2.16. The van der Waals surface area contributed by atoms with E-state index in [1.54, 1.807) is 6.07 Å². The molecule has 0 bridgehead atoms. The van der Waals surface area contributed by atoms with Crippen LogP contribution in [0.5, 0.6) is 0 Å². The van der Waals surface area contributed by atoms with Crippen LogP contribution in [0.15, 0.2) is 18.2 Å². The maximum Gasteiger partial charge on any atom is 0.251 e. The summed E-state index contributed by atoms with van der Waals surface area (Å²) in [5.74, 6) is -0.234. The number of amides is 1. The van der Waals surface area contributed by atoms with Crippen molar-refractivity contribution in [3.05, 3.63) is 35.0 Å². The van der Waals surface area contributed by atoms with E-state index in [4.69, 9.17) is 0 Å². The molecule has 0 aliphatic rings. The maximum atomic E-state index is 12.0. The lowest BCUT2D eigenvalue weighted by Crippen LogP contribution is -2.25. The number of aromatic amines is 1. The third-order valence-corrected chi connectivity index (χ3v) is 2.95. The molecule has 0 saturated heterocycles. The van der Waals surface area contributed by atoms with Crippen molar-refractivity contribution in [2.75, 3.05) is 13.2 Å². The molecule has 2 rings (SSSR count). The Morgan fingerprint density at radius 3 is 2.88 bits per heavy atom. The highest BCUT2D eigenvalue weighted by molar-refractivity contribution is 5.99. The van der Waals surface area contributed by atoms with Crippen LogP contribution in [0.4, 0.5) is 4.39 Å². The van der Waals surface area contributed by atoms with Crippen LogP contribution in [0.3, 0.4) is 0 Å². The molecule has 0 aliphatic carbocycles. The predicted octanol–water partition coefficient (Wildman–Crippen LogP) is 2.48. The molecule has 2 aromatic rings. The largest absolute Gasteiger partial charge is 0.358 e. The Bertz CT molecular complexity index is 560. The molecule has 90 valence electrons. The molecule has 2 N–H and O–H groups in total. The number of carbonyl (C=O) groups excluding carboxylic acids is 1. The van der Waals surface area contributed by atoms with E-state index in [1.165, 1.54) is 0 Å². The molecule has 17 heavy (non-hydrogen) atoms. The van der Waals surface area contributed by atoms with Crippen LogP contribution in [0, 0.1) is 13.8 Å². The van der Waals surface area contributed by atoms with Crippen molar-refractivity contribution in [1.29, 1.82) is 0 Å². The number of H-pyrrole nitrogens is 1. The van der Waals surface area contributed by atoms with Crippen molar-refractivity contribution < 1.29 is 9.18 Å². The molecule has 0 atom stereocenters. The molecule has 1 aromatic carbocycles. The summed E-state index contributed by atoms with van der Waals surface area (Å²) in [6.07, 6.45) is 0. The Balaban J connectivity index is 2.37. The van der Waals surface area contributed by atoms with Crippen LogP contribution in [0.1, 0.15) is 21.6 Å². The smallest absolute Gasteiger partial charge is 0.251 e. The number of aryl methyl sites for hydroxylation is 2. The molecule has 0 aliphatic heterocycles. The van der Waals surface area contributed by atoms with Gasteiger partial charge in [-0.1, -0.05) is 0 Å². The molecule has 4 heteroatoms. The van der Waals surface area contributed by atoms with Crippen LogP contribution in [-0.4, -0.2) is 24.1 Å². The number of carbonyl (C=O) groups is 1. The Kier molecular flexibility index (Phi) is 3.13. The summed E-state index contributed by atoms with van der Waals surface area (Å²) < 4.78 is 12.0. The van der Waals surface area contributed by atoms with Crippen molar-refractivity contribution in [3.8, 4) is 0 Å². The molecule has 1 amide bonds. The first kappa shape index (κ1) is 11.6. The minimum absolute atomic E-state index is 0.0576. The molecule has 0 unspecified atom stereocenters. The van der Waals surface area contributed by atoms with Crippen molar-refractivity contribution in [2.24, 2.45) is 0 Å². The zero-order chi connectivity index (χ0) is 12.4. The van der Waals surface area contributed by atoms with E-state index < -0.39 is 6.67 Å². The van der Waals surface area contributed by atoms with Crippen molar-refractivity contribution in [3.63, 3.8) is 0 Å². The standard InChI is InChI=1S/C13H15FN2O/c1-8-9(2)16-12-4-3-10(7-11(8)12)13(17)15-6-5-14/h3-4,7,16H,5-6H2,1-2H3,(H,15,17). The number of alkyl halides is 1. The zero-order valence-corrected chi connectivity index (χ0v) is 9.93. The van der Waals surface area contributed by atoms with E-state index in [2.05, 4.69) is 10.3 Å². The van der Waals surface area contributed by atoms with Crippen molar-refractivity contribution in [1.82, 2.24) is 10.3 Å². The lowest BCUT2D eigenvalue weighted by molar-refractivity contribution is 0.0951.